The normalized spacial score (nSPS) is 16.8. The molecule has 1 aliphatic rings. The first-order valence-electron chi connectivity index (χ1n) is 7.48. The molecule has 1 N–H and O–H groups in total. The summed E-state index contributed by atoms with van der Waals surface area (Å²) < 4.78 is 11.5. The Labute approximate surface area is 122 Å². The standard InChI is InChI=1S/C16H17N3O2/c1-2-13-17-14-11-5-3-4-6-12(11)21-15(14)16(18-13)19-7-9-20-10-8-19/h3-6H,2,7-10H2,1H3/p+1. The Morgan fingerprint density at radius 3 is 2.76 bits per heavy atom. The molecule has 3 heterocycles. The summed E-state index contributed by atoms with van der Waals surface area (Å²) in [6.45, 7) is 5.46. The summed E-state index contributed by atoms with van der Waals surface area (Å²) in [5.41, 5.74) is 2.64. The first-order valence-corrected chi connectivity index (χ1v) is 7.48. The van der Waals surface area contributed by atoms with Gasteiger partial charge in [-0.3, -0.25) is 4.90 Å². The quantitative estimate of drug-likeness (QED) is 0.774. The van der Waals surface area contributed by atoms with E-state index < -0.39 is 0 Å². The maximum atomic E-state index is 6.05. The zero-order valence-electron chi connectivity index (χ0n) is 12.1. The minimum absolute atomic E-state index is 0.766. The fourth-order valence-corrected chi connectivity index (χ4v) is 2.89. The molecule has 21 heavy (non-hydrogen) atoms. The number of hydrogen-bond acceptors (Lipinski definition) is 4. The molecule has 0 bridgehead atoms. The Bertz CT molecular complexity index is 791. The molecule has 1 fully saturated rings. The van der Waals surface area contributed by atoms with Crippen molar-refractivity contribution >= 4 is 27.9 Å². The van der Waals surface area contributed by atoms with Crippen LogP contribution in [0, 0.1) is 0 Å². The number of morpholine rings is 1. The molecule has 2 aromatic heterocycles. The van der Waals surface area contributed by atoms with Crippen LogP contribution in [0.25, 0.3) is 22.1 Å². The number of nitrogens with one attached hydrogen (secondary N) is 1. The number of aromatic nitrogens is 2. The van der Waals surface area contributed by atoms with Crippen LogP contribution in [0.4, 0.5) is 5.82 Å². The average Bonchev–Trinajstić information content (AvgIpc) is 2.93. The van der Waals surface area contributed by atoms with Crippen LogP contribution in [0.1, 0.15) is 12.7 Å². The molecule has 1 aliphatic heterocycles. The number of para-hydroxylation sites is 1. The van der Waals surface area contributed by atoms with Crippen molar-refractivity contribution in [3.63, 3.8) is 0 Å². The van der Waals surface area contributed by atoms with Crippen LogP contribution in [0.3, 0.4) is 0 Å². The molecule has 0 atom stereocenters. The molecule has 1 aromatic carbocycles. The second-order valence-corrected chi connectivity index (χ2v) is 5.33. The largest absolute Gasteiger partial charge is 0.446 e. The van der Waals surface area contributed by atoms with Crippen LogP contribution in [0.15, 0.2) is 28.7 Å². The Hall–Kier alpha value is -1.98. The summed E-state index contributed by atoms with van der Waals surface area (Å²) in [5.74, 6) is 1.86. The van der Waals surface area contributed by atoms with E-state index in [4.69, 9.17) is 14.1 Å². The van der Waals surface area contributed by atoms with Crippen molar-refractivity contribution in [2.45, 2.75) is 13.3 Å². The van der Waals surface area contributed by atoms with Crippen LogP contribution in [-0.2, 0) is 11.2 Å². The third-order valence-corrected chi connectivity index (χ3v) is 4.01. The van der Waals surface area contributed by atoms with Crippen LogP contribution in [-0.4, -0.2) is 36.3 Å². The van der Waals surface area contributed by atoms with Crippen molar-refractivity contribution in [3.05, 3.63) is 30.1 Å². The molecule has 0 spiro atoms. The van der Waals surface area contributed by atoms with Gasteiger partial charge in [0, 0.05) is 11.8 Å². The third-order valence-electron chi connectivity index (χ3n) is 4.01. The van der Waals surface area contributed by atoms with Gasteiger partial charge in [-0.1, -0.05) is 19.1 Å². The van der Waals surface area contributed by atoms with Gasteiger partial charge in [-0.05, 0) is 12.1 Å². The lowest BCUT2D eigenvalue weighted by Gasteiger charge is -2.22. The van der Waals surface area contributed by atoms with Gasteiger partial charge in [-0.25, -0.2) is 4.98 Å². The Kier molecular flexibility index (Phi) is 3.09. The van der Waals surface area contributed by atoms with E-state index >= 15 is 0 Å². The van der Waals surface area contributed by atoms with Crippen molar-refractivity contribution in [1.29, 1.82) is 0 Å². The van der Waals surface area contributed by atoms with E-state index in [-0.39, 0.29) is 0 Å². The fourth-order valence-electron chi connectivity index (χ4n) is 2.89. The number of aryl methyl sites for hydroxylation is 1. The molecular weight excluding hydrogens is 266 g/mol. The van der Waals surface area contributed by atoms with Crippen LogP contribution in [0.5, 0.6) is 0 Å². The molecule has 108 valence electrons. The minimum Gasteiger partial charge on any atom is -0.446 e. The SMILES string of the molecule is CCc1nc([NH+]2CCOCC2)c2oc3ccccc3c2n1. The first kappa shape index (κ1) is 12.7. The molecule has 0 amide bonds. The number of fused-ring (bicyclic) bond motifs is 3. The third kappa shape index (κ3) is 2.09. The lowest BCUT2D eigenvalue weighted by Crippen LogP contribution is -3.09. The van der Waals surface area contributed by atoms with Gasteiger partial charge in [0.1, 0.15) is 30.0 Å². The minimum atomic E-state index is 0.766. The predicted molar refractivity (Wildman–Crippen MR) is 79.9 cm³/mol. The molecule has 0 aliphatic carbocycles. The zero-order valence-corrected chi connectivity index (χ0v) is 12.1. The highest BCUT2D eigenvalue weighted by molar-refractivity contribution is 6.04. The highest BCUT2D eigenvalue weighted by Crippen LogP contribution is 2.29. The number of benzene rings is 1. The van der Waals surface area contributed by atoms with Gasteiger partial charge in [0.15, 0.2) is 0 Å². The van der Waals surface area contributed by atoms with E-state index in [2.05, 4.69) is 18.0 Å². The number of hydrogen-bond donors (Lipinski definition) is 1. The van der Waals surface area contributed by atoms with Gasteiger partial charge in [-0.2, -0.15) is 4.98 Å². The summed E-state index contributed by atoms with van der Waals surface area (Å²) in [6, 6.07) is 8.06. The van der Waals surface area contributed by atoms with Gasteiger partial charge in [0.2, 0.25) is 5.58 Å². The molecule has 5 heteroatoms. The number of quaternary nitrogens is 1. The zero-order chi connectivity index (χ0) is 14.2. The van der Waals surface area contributed by atoms with E-state index in [1.807, 2.05) is 18.2 Å². The number of furan rings is 1. The molecule has 3 aromatic rings. The predicted octanol–water partition coefficient (Wildman–Crippen LogP) is 1.48. The average molecular weight is 284 g/mol. The summed E-state index contributed by atoms with van der Waals surface area (Å²) in [5, 5.41) is 1.07. The molecular formula is C16H18N3O2+. The second-order valence-electron chi connectivity index (χ2n) is 5.33. The Morgan fingerprint density at radius 1 is 1.14 bits per heavy atom. The van der Waals surface area contributed by atoms with Gasteiger partial charge < -0.3 is 9.15 Å². The van der Waals surface area contributed by atoms with E-state index in [1.165, 1.54) is 4.90 Å². The maximum absolute atomic E-state index is 6.05. The van der Waals surface area contributed by atoms with Gasteiger partial charge >= 0.3 is 0 Å². The van der Waals surface area contributed by atoms with Crippen molar-refractivity contribution in [2.24, 2.45) is 0 Å². The Morgan fingerprint density at radius 2 is 1.95 bits per heavy atom. The molecule has 5 nitrogen and oxygen atoms in total. The highest BCUT2D eigenvalue weighted by atomic mass is 16.5. The fraction of sp³-hybridized carbons (Fsp3) is 0.375. The van der Waals surface area contributed by atoms with E-state index in [9.17, 15) is 0 Å². The number of rotatable bonds is 2. The highest BCUT2D eigenvalue weighted by Gasteiger charge is 2.25. The first-order chi connectivity index (χ1) is 10.4. The summed E-state index contributed by atoms with van der Waals surface area (Å²) in [7, 11) is 0. The van der Waals surface area contributed by atoms with Crippen LogP contribution < -0.4 is 4.90 Å². The van der Waals surface area contributed by atoms with Gasteiger partial charge in [-0.15, -0.1) is 0 Å². The lowest BCUT2D eigenvalue weighted by atomic mass is 10.2. The van der Waals surface area contributed by atoms with Crippen LogP contribution >= 0.6 is 0 Å². The van der Waals surface area contributed by atoms with Crippen molar-refractivity contribution in [2.75, 3.05) is 26.3 Å². The van der Waals surface area contributed by atoms with E-state index in [0.717, 1.165) is 66.4 Å². The summed E-state index contributed by atoms with van der Waals surface area (Å²) in [4.78, 5) is 10.8. The molecule has 1 saturated heterocycles. The molecule has 0 unspecified atom stereocenters. The number of ether oxygens (including phenoxy) is 1. The van der Waals surface area contributed by atoms with Crippen molar-refractivity contribution < 1.29 is 14.1 Å². The Balaban J connectivity index is 1.99. The summed E-state index contributed by atoms with van der Waals surface area (Å²) in [6.07, 6.45) is 0.826. The van der Waals surface area contributed by atoms with Crippen LogP contribution in [0.2, 0.25) is 0 Å². The summed E-state index contributed by atoms with van der Waals surface area (Å²) >= 11 is 0. The topological polar surface area (TPSA) is 52.6 Å². The lowest BCUT2D eigenvalue weighted by molar-refractivity contribution is -0.844. The number of nitrogens with zero attached hydrogens (tertiary/aromatic N) is 2. The second kappa shape index (κ2) is 5.09. The van der Waals surface area contributed by atoms with Crippen molar-refractivity contribution in [1.82, 2.24) is 9.97 Å². The van der Waals surface area contributed by atoms with Crippen molar-refractivity contribution in [3.8, 4) is 0 Å². The van der Waals surface area contributed by atoms with E-state index in [0.29, 0.717) is 0 Å². The van der Waals surface area contributed by atoms with Gasteiger partial charge in [0.05, 0.1) is 13.2 Å². The smallest absolute Gasteiger partial charge is 0.273 e. The monoisotopic (exact) mass is 284 g/mol. The maximum Gasteiger partial charge on any atom is 0.273 e. The van der Waals surface area contributed by atoms with Gasteiger partial charge in [0.25, 0.3) is 5.82 Å². The molecule has 0 saturated carbocycles. The molecule has 0 radical (unpaired) electrons. The van der Waals surface area contributed by atoms with E-state index in [1.54, 1.807) is 0 Å². The molecule has 4 rings (SSSR count).